The molecule has 10 aromatic rings. The van der Waals surface area contributed by atoms with Crippen LogP contribution in [0.25, 0.3) is 43.8 Å². The minimum absolute atomic E-state index is 0.486. The quantitative estimate of drug-likeness (QED) is 0.167. The molecule has 2 aliphatic rings. The second-order valence-electron chi connectivity index (χ2n) is 15.6. The van der Waals surface area contributed by atoms with E-state index in [0.717, 1.165) is 22.7 Å². The van der Waals surface area contributed by atoms with Crippen molar-refractivity contribution in [2.45, 2.75) is 5.41 Å². The van der Waals surface area contributed by atoms with E-state index >= 15 is 0 Å². The molecule has 276 valence electrons. The van der Waals surface area contributed by atoms with Gasteiger partial charge in [0.25, 0.3) is 0 Å². The van der Waals surface area contributed by atoms with Crippen molar-refractivity contribution in [3.8, 4) is 22.3 Å². The largest absolute Gasteiger partial charge is 0.310 e. The smallest absolute Gasteiger partial charge is 0.0714 e. The van der Waals surface area contributed by atoms with Crippen LogP contribution < -0.4 is 9.80 Å². The standard InChI is InChI=1S/C57H38N2/c1-4-19-41(20-5-1)57(42-21-6-2-7-22-42)51-28-13-12-26-48(51)49-36-35-46(38-52(49)57)58(43-23-8-3-9-24-43)44-31-33-45(34-32-44)59-53-29-15-18-40-17-14-27-50(55(40)53)56-47-25-11-10-16-39(47)30-37-54(56)59/h1-38H. The van der Waals surface area contributed by atoms with Gasteiger partial charge < -0.3 is 9.80 Å². The molecule has 0 saturated heterocycles. The van der Waals surface area contributed by atoms with Crippen molar-refractivity contribution in [2.24, 2.45) is 0 Å². The van der Waals surface area contributed by atoms with Crippen molar-refractivity contribution in [1.29, 1.82) is 0 Å². The molecule has 12 rings (SSSR count). The molecular formula is C57H38N2. The van der Waals surface area contributed by atoms with Gasteiger partial charge in [0.2, 0.25) is 0 Å². The van der Waals surface area contributed by atoms with E-state index in [4.69, 9.17) is 0 Å². The van der Waals surface area contributed by atoms with Gasteiger partial charge >= 0.3 is 0 Å². The van der Waals surface area contributed by atoms with Crippen molar-refractivity contribution in [1.82, 2.24) is 0 Å². The summed E-state index contributed by atoms with van der Waals surface area (Å²) in [6.45, 7) is 0. The van der Waals surface area contributed by atoms with Gasteiger partial charge in [0.1, 0.15) is 0 Å². The van der Waals surface area contributed by atoms with Gasteiger partial charge in [0, 0.05) is 33.7 Å². The van der Waals surface area contributed by atoms with Crippen LogP contribution in [-0.2, 0) is 5.41 Å². The zero-order chi connectivity index (χ0) is 38.9. The van der Waals surface area contributed by atoms with Crippen LogP contribution in [-0.4, -0.2) is 0 Å². The number of anilines is 6. The summed E-state index contributed by atoms with van der Waals surface area (Å²) < 4.78 is 0. The van der Waals surface area contributed by atoms with Gasteiger partial charge in [-0.2, -0.15) is 0 Å². The van der Waals surface area contributed by atoms with Gasteiger partial charge in [-0.1, -0.05) is 170 Å². The lowest BCUT2D eigenvalue weighted by Crippen LogP contribution is -2.28. The van der Waals surface area contributed by atoms with E-state index in [1.165, 1.54) is 77.4 Å². The van der Waals surface area contributed by atoms with Crippen LogP contribution in [0.15, 0.2) is 231 Å². The SMILES string of the molecule is c1ccc(N(c2ccc(N3c4ccc5ccccc5c4-c4cccc5cccc3c45)cc2)c2ccc3c(c2)C(c2ccccc2)(c2ccccc2)c2ccccc2-3)cc1. The van der Waals surface area contributed by atoms with Crippen molar-refractivity contribution in [3.05, 3.63) is 253 Å². The molecule has 2 nitrogen and oxygen atoms in total. The van der Waals surface area contributed by atoms with E-state index in [0.29, 0.717) is 0 Å². The summed E-state index contributed by atoms with van der Waals surface area (Å²) in [6.07, 6.45) is 0. The Kier molecular flexibility index (Phi) is 7.48. The molecule has 0 aromatic heterocycles. The number of rotatable bonds is 6. The van der Waals surface area contributed by atoms with Crippen molar-refractivity contribution in [3.63, 3.8) is 0 Å². The van der Waals surface area contributed by atoms with Gasteiger partial charge in [-0.15, -0.1) is 0 Å². The topological polar surface area (TPSA) is 6.48 Å². The maximum atomic E-state index is 2.45. The molecule has 1 aliphatic heterocycles. The van der Waals surface area contributed by atoms with Crippen LogP contribution in [0.5, 0.6) is 0 Å². The van der Waals surface area contributed by atoms with Gasteiger partial charge in [0.05, 0.1) is 16.8 Å². The van der Waals surface area contributed by atoms with E-state index in [1.807, 2.05) is 0 Å². The van der Waals surface area contributed by atoms with Crippen LogP contribution in [0.2, 0.25) is 0 Å². The van der Waals surface area contributed by atoms with Crippen LogP contribution in [0.3, 0.4) is 0 Å². The predicted molar refractivity (Wildman–Crippen MR) is 247 cm³/mol. The first-order chi connectivity index (χ1) is 29.3. The Morgan fingerprint density at radius 3 is 1.69 bits per heavy atom. The van der Waals surface area contributed by atoms with Crippen LogP contribution in [0, 0.1) is 0 Å². The zero-order valence-electron chi connectivity index (χ0n) is 32.3. The highest BCUT2D eigenvalue weighted by atomic mass is 15.2. The summed E-state index contributed by atoms with van der Waals surface area (Å²) in [5.41, 5.74) is 16.6. The maximum absolute atomic E-state index is 2.45. The van der Waals surface area contributed by atoms with Crippen molar-refractivity contribution < 1.29 is 0 Å². The lowest BCUT2D eigenvalue weighted by molar-refractivity contribution is 0.768. The summed E-state index contributed by atoms with van der Waals surface area (Å²) in [5.74, 6) is 0. The molecule has 0 bridgehead atoms. The highest BCUT2D eigenvalue weighted by Gasteiger charge is 2.46. The number of hydrogen-bond donors (Lipinski definition) is 0. The van der Waals surface area contributed by atoms with Gasteiger partial charge in [0.15, 0.2) is 0 Å². The second-order valence-corrected chi connectivity index (χ2v) is 15.6. The highest BCUT2D eigenvalue weighted by molar-refractivity contribution is 6.19. The molecule has 0 amide bonds. The van der Waals surface area contributed by atoms with Crippen LogP contribution in [0.4, 0.5) is 34.1 Å². The molecule has 2 heteroatoms. The highest BCUT2D eigenvalue weighted by Crippen LogP contribution is 2.58. The fourth-order valence-electron chi connectivity index (χ4n) is 10.2. The minimum Gasteiger partial charge on any atom is -0.310 e. The van der Waals surface area contributed by atoms with Gasteiger partial charge in [-0.25, -0.2) is 0 Å². The molecule has 0 atom stereocenters. The summed E-state index contributed by atoms with van der Waals surface area (Å²) in [6, 6.07) is 84.8. The first kappa shape index (κ1) is 33.5. The van der Waals surface area contributed by atoms with Crippen molar-refractivity contribution in [2.75, 3.05) is 9.80 Å². The zero-order valence-corrected chi connectivity index (χ0v) is 32.3. The Bertz CT molecular complexity index is 3160. The monoisotopic (exact) mass is 750 g/mol. The maximum Gasteiger partial charge on any atom is 0.0714 e. The summed E-state index contributed by atoms with van der Waals surface area (Å²) in [5, 5.41) is 5.05. The first-order valence-corrected chi connectivity index (χ1v) is 20.4. The minimum atomic E-state index is -0.486. The molecule has 0 spiro atoms. The van der Waals surface area contributed by atoms with E-state index in [2.05, 4.69) is 240 Å². The molecule has 0 saturated carbocycles. The summed E-state index contributed by atoms with van der Waals surface area (Å²) >= 11 is 0. The van der Waals surface area contributed by atoms with E-state index in [1.54, 1.807) is 0 Å². The third-order valence-electron chi connectivity index (χ3n) is 12.6. The lowest BCUT2D eigenvalue weighted by Gasteiger charge is -2.35. The Hall–Kier alpha value is -7.68. The number of nitrogens with zero attached hydrogens (tertiary/aromatic N) is 2. The van der Waals surface area contributed by atoms with Crippen LogP contribution >= 0.6 is 0 Å². The number of fused-ring (bicyclic) bond motifs is 7. The fourth-order valence-corrected chi connectivity index (χ4v) is 10.2. The van der Waals surface area contributed by atoms with E-state index in [-0.39, 0.29) is 0 Å². The number of para-hydroxylation sites is 1. The third kappa shape index (κ3) is 4.93. The lowest BCUT2D eigenvalue weighted by atomic mass is 9.67. The molecule has 1 aliphatic carbocycles. The predicted octanol–water partition coefficient (Wildman–Crippen LogP) is 15.3. The molecular weight excluding hydrogens is 713 g/mol. The van der Waals surface area contributed by atoms with E-state index < -0.39 is 5.41 Å². The molecule has 0 fully saturated rings. The average molecular weight is 751 g/mol. The van der Waals surface area contributed by atoms with Gasteiger partial charge in [-0.3, -0.25) is 0 Å². The Morgan fingerprint density at radius 1 is 0.356 bits per heavy atom. The Balaban J connectivity index is 1.04. The first-order valence-electron chi connectivity index (χ1n) is 20.4. The molecule has 59 heavy (non-hydrogen) atoms. The summed E-state index contributed by atoms with van der Waals surface area (Å²) in [4.78, 5) is 4.86. The van der Waals surface area contributed by atoms with Crippen molar-refractivity contribution >= 4 is 55.7 Å². The fraction of sp³-hybridized carbons (Fsp3) is 0.0175. The number of hydrogen-bond acceptors (Lipinski definition) is 2. The Labute approximate surface area is 344 Å². The molecule has 0 radical (unpaired) electrons. The molecule has 1 heterocycles. The summed E-state index contributed by atoms with van der Waals surface area (Å²) in [7, 11) is 0. The van der Waals surface area contributed by atoms with E-state index in [9.17, 15) is 0 Å². The molecule has 10 aromatic carbocycles. The number of benzene rings is 10. The van der Waals surface area contributed by atoms with Crippen LogP contribution in [0.1, 0.15) is 22.3 Å². The third-order valence-corrected chi connectivity index (χ3v) is 12.6. The normalized spacial score (nSPS) is 13.2. The van der Waals surface area contributed by atoms with Gasteiger partial charge in [-0.05, 0) is 116 Å². The average Bonchev–Trinajstić information content (AvgIpc) is 3.61. The second kappa shape index (κ2) is 13.2. The Morgan fingerprint density at radius 2 is 0.932 bits per heavy atom. The molecule has 0 N–H and O–H groups in total. The molecule has 0 unspecified atom stereocenters.